The number of carboxylic acids is 1. The van der Waals surface area contributed by atoms with E-state index in [9.17, 15) is 24.6 Å². The fourth-order valence-electron chi connectivity index (χ4n) is 6.57. The van der Waals surface area contributed by atoms with Crippen molar-refractivity contribution in [2.24, 2.45) is 11.3 Å². The van der Waals surface area contributed by atoms with Gasteiger partial charge in [0.1, 0.15) is 35.6 Å². The van der Waals surface area contributed by atoms with Crippen molar-refractivity contribution in [1.82, 2.24) is 20.6 Å². The molecular formula is C34H35N5O8. The van der Waals surface area contributed by atoms with Crippen LogP contribution in [0.2, 0.25) is 0 Å². The lowest BCUT2D eigenvalue weighted by Crippen LogP contribution is -2.53. The number of carbonyl (C=O) groups is 3. The SMILES string of the molecule is CC(C)[C@@H]1NC(=O)[C@@H](NC(=O)[C@@H](O)C(C)(C)C)Cc2ccc3c(c2)C2(c4ccccc4NC2O3)c2oc1nc2-c1nc(C(=O)O)co1. The molecule has 0 radical (unpaired) electrons. The molecule has 0 saturated carbocycles. The van der Waals surface area contributed by atoms with Crippen LogP contribution in [0, 0.1) is 11.3 Å². The normalized spacial score (nSPS) is 23.4. The highest BCUT2D eigenvalue weighted by Gasteiger charge is 2.61. The Morgan fingerprint density at radius 2 is 1.85 bits per heavy atom. The van der Waals surface area contributed by atoms with E-state index in [1.807, 2.05) is 56.3 Å². The summed E-state index contributed by atoms with van der Waals surface area (Å²) in [6.45, 7) is 8.99. The molecule has 13 nitrogen and oxygen atoms in total. The number of hydrogen-bond donors (Lipinski definition) is 5. The van der Waals surface area contributed by atoms with Gasteiger partial charge in [0.05, 0.1) is 0 Å². The minimum atomic E-state index is -1.36. The van der Waals surface area contributed by atoms with E-state index in [1.54, 1.807) is 20.8 Å². The lowest BCUT2D eigenvalue weighted by Gasteiger charge is -2.30. The summed E-state index contributed by atoms with van der Waals surface area (Å²) in [4.78, 5) is 48.0. The molecule has 5 heterocycles. The van der Waals surface area contributed by atoms with Gasteiger partial charge in [-0.25, -0.2) is 14.8 Å². The van der Waals surface area contributed by atoms with E-state index in [4.69, 9.17) is 18.6 Å². The molecule has 4 aromatic rings. The summed E-state index contributed by atoms with van der Waals surface area (Å²) >= 11 is 0. The fourth-order valence-corrected chi connectivity index (χ4v) is 6.57. The van der Waals surface area contributed by atoms with Crippen LogP contribution in [0.25, 0.3) is 11.6 Å². The zero-order valence-corrected chi connectivity index (χ0v) is 26.5. The molecule has 1 spiro atoms. The van der Waals surface area contributed by atoms with Gasteiger partial charge in [-0.3, -0.25) is 9.59 Å². The van der Waals surface area contributed by atoms with Crippen molar-refractivity contribution in [2.75, 3.05) is 5.32 Å². The number of benzene rings is 2. The van der Waals surface area contributed by atoms with Gasteiger partial charge in [0, 0.05) is 17.7 Å². The number of hydrogen-bond acceptors (Lipinski definition) is 10. The van der Waals surface area contributed by atoms with Gasteiger partial charge in [-0.15, -0.1) is 0 Å². The molecule has 5 N–H and O–H groups in total. The number of para-hydroxylation sites is 1. The van der Waals surface area contributed by atoms with Crippen LogP contribution in [0.4, 0.5) is 5.69 Å². The van der Waals surface area contributed by atoms with Crippen LogP contribution in [0.1, 0.15) is 79.5 Å². The van der Waals surface area contributed by atoms with Crippen LogP contribution in [0.15, 0.2) is 57.6 Å². The van der Waals surface area contributed by atoms with Crippen LogP contribution < -0.4 is 20.7 Å². The highest BCUT2D eigenvalue weighted by Crippen LogP contribution is 2.59. The Morgan fingerprint density at radius 3 is 2.55 bits per heavy atom. The van der Waals surface area contributed by atoms with E-state index in [0.29, 0.717) is 17.1 Å². The standard InChI is InChI=1S/C34H35N5O8/c1-15(2)23-30-39-24(29-36-21(14-45-29)31(43)44)26(47-30)34-17-8-6-7-9-19(17)37-32(34)46-22-11-10-16(12-18(22)34)13-20(27(41)38-23)35-28(42)25(40)33(3,4)5/h6-12,14-15,20,23,25,32,37,40H,13H2,1-5H3,(H,35,42)(H,38,41)(H,43,44)/t20-,23-,25+,32?,34?/m0/s1. The maximum atomic E-state index is 14.0. The molecule has 13 heteroatoms. The predicted molar refractivity (Wildman–Crippen MR) is 167 cm³/mol. The number of carbonyl (C=O) groups excluding carboxylic acids is 2. The topological polar surface area (TPSA) is 189 Å². The maximum Gasteiger partial charge on any atom is 0.357 e. The molecule has 0 saturated heterocycles. The molecule has 2 amide bonds. The van der Waals surface area contributed by atoms with Crippen LogP contribution in [0.5, 0.6) is 5.75 Å². The number of aliphatic hydroxyl groups excluding tert-OH is 1. The first-order valence-corrected chi connectivity index (χ1v) is 15.4. The molecule has 7 rings (SSSR count). The molecule has 2 aromatic heterocycles. The van der Waals surface area contributed by atoms with Crippen LogP contribution in [-0.2, 0) is 21.4 Å². The van der Waals surface area contributed by atoms with Gasteiger partial charge in [-0.1, -0.05) is 65.0 Å². The Kier molecular flexibility index (Phi) is 6.94. The monoisotopic (exact) mass is 641 g/mol. The summed E-state index contributed by atoms with van der Waals surface area (Å²) in [5.41, 5.74) is 1.04. The Balaban J connectivity index is 1.47. The summed E-state index contributed by atoms with van der Waals surface area (Å²) in [5.74, 6) is -1.74. The molecule has 47 heavy (non-hydrogen) atoms. The number of fused-ring (bicyclic) bond motifs is 4. The molecule has 5 atom stereocenters. The van der Waals surface area contributed by atoms with Crippen LogP contribution in [-0.4, -0.2) is 56.3 Å². The molecule has 0 aliphatic carbocycles. The van der Waals surface area contributed by atoms with Gasteiger partial charge < -0.3 is 39.7 Å². The Morgan fingerprint density at radius 1 is 1.09 bits per heavy atom. The number of rotatable bonds is 5. The third-order valence-corrected chi connectivity index (χ3v) is 9.05. The van der Waals surface area contributed by atoms with Gasteiger partial charge in [-0.05, 0) is 34.6 Å². The lowest BCUT2D eigenvalue weighted by molar-refractivity contribution is -0.138. The average Bonchev–Trinajstić information content (AvgIpc) is 3.79. The number of aliphatic hydroxyl groups is 1. The first-order chi connectivity index (χ1) is 22.3. The molecule has 2 aromatic carbocycles. The van der Waals surface area contributed by atoms with Crippen molar-refractivity contribution in [3.05, 3.63) is 82.8 Å². The summed E-state index contributed by atoms with van der Waals surface area (Å²) in [5, 5.41) is 29.6. The lowest BCUT2D eigenvalue weighted by atomic mass is 9.72. The van der Waals surface area contributed by atoms with E-state index in [-0.39, 0.29) is 35.5 Å². The van der Waals surface area contributed by atoms with Crippen LogP contribution in [0.3, 0.4) is 0 Å². The summed E-state index contributed by atoms with van der Waals surface area (Å²) in [6, 6.07) is 11.4. The highest BCUT2D eigenvalue weighted by molar-refractivity contribution is 5.90. The van der Waals surface area contributed by atoms with Crippen molar-refractivity contribution in [3.63, 3.8) is 0 Å². The van der Waals surface area contributed by atoms with Crippen molar-refractivity contribution >= 4 is 23.5 Å². The molecule has 3 aliphatic rings. The zero-order valence-electron chi connectivity index (χ0n) is 26.5. The molecule has 3 aliphatic heterocycles. The summed E-state index contributed by atoms with van der Waals surface area (Å²) in [7, 11) is 0. The number of aromatic carboxylic acids is 1. The smallest absolute Gasteiger partial charge is 0.357 e. The van der Waals surface area contributed by atoms with Crippen molar-refractivity contribution in [1.29, 1.82) is 0 Å². The second-order valence-corrected chi connectivity index (χ2v) is 13.7. The first kappa shape index (κ1) is 30.5. The highest BCUT2D eigenvalue weighted by atomic mass is 16.5. The number of carboxylic acid groups (broad SMARTS) is 1. The number of amides is 2. The van der Waals surface area contributed by atoms with Gasteiger partial charge in [0.25, 0.3) is 0 Å². The predicted octanol–water partition coefficient (Wildman–Crippen LogP) is 3.77. The fraction of sp³-hybridized carbons (Fsp3) is 0.382. The average molecular weight is 642 g/mol. The van der Waals surface area contributed by atoms with Crippen molar-refractivity contribution in [2.45, 2.75) is 70.9 Å². The number of nitrogens with one attached hydrogen (secondary N) is 3. The molecule has 0 fully saturated rings. The molecule has 4 bridgehead atoms. The van der Waals surface area contributed by atoms with Gasteiger partial charge in [0.2, 0.25) is 23.6 Å². The maximum absolute atomic E-state index is 14.0. The zero-order chi connectivity index (χ0) is 33.4. The number of nitrogens with zero attached hydrogens (tertiary/aromatic N) is 2. The first-order valence-electron chi connectivity index (χ1n) is 15.4. The van der Waals surface area contributed by atoms with E-state index in [1.165, 1.54) is 0 Å². The third-order valence-electron chi connectivity index (χ3n) is 9.05. The molecular weight excluding hydrogens is 606 g/mol. The minimum absolute atomic E-state index is 0.0699. The summed E-state index contributed by atoms with van der Waals surface area (Å²) in [6.07, 6.45) is -0.892. The van der Waals surface area contributed by atoms with E-state index < -0.39 is 53.0 Å². The summed E-state index contributed by atoms with van der Waals surface area (Å²) < 4.78 is 18.9. The number of oxazole rings is 2. The molecule has 244 valence electrons. The van der Waals surface area contributed by atoms with E-state index in [2.05, 4.69) is 20.9 Å². The largest absolute Gasteiger partial charge is 0.476 e. The quantitative estimate of drug-likeness (QED) is 0.213. The van der Waals surface area contributed by atoms with Crippen molar-refractivity contribution < 1.29 is 38.2 Å². The Bertz CT molecular complexity index is 1920. The van der Waals surface area contributed by atoms with E-state index >= 15 is 0 Å². The van der Waals surface area contributed by atoms with Crippen LogP contribution >= 0.6 is 0 Å². The van der Waals surface area contributed by atoms with E-state index in [0.717, 1.165) is 23.1 Å². The Labute approximate surface area is 269 Å². The number of anilines is 1. The van der Waals surface area contributed by atoms with Crippen molar-refractivity contribution in [3.8, 4) is 17.3 Å². The van der Waals surface area contributed by atoms with Gasteiger partial charge in [-0.2, -0.15) is 0 Å². The number of aromatic nitrogens is 2. The molecule has 2 unspecified atom stereocenters. The second kappa shape index (κ2) is 10.7. The minimum Gasteiger partial charge on any atom is -0.476 e. The van der Waals surface area contributed by atoms with Gasteiger partial charge >= 0.3 is 5.97 Å². The van der Waals surface area contributed by atoms with Gasteiger partial charge in [0.15, 0.2) is 23.4 Å². The third kappa shape index (κ3) is 4.75. The second-order valence-electron chi connectivity index (χ2n) is 13.7. The Hall–Kier alpha value is -5.17. The number of ether oxygens (including phenoxy) is 1.